The molecule has 0 radical (unpaired) electrons. The molecule has 0 atom stereocenters. The lowest BCUT2D eigenvalue weighted by Gasteiger charge is -2.25. The number of rotatable bonds is 6. The van der Waals surface area contributed by atoms with E-state index in [4.69, 9.17) is 10.8 Å². The molecule has 3 nitrogen and oxygen atoms in total. The lowest BCUT2D eigenvalue weighted by Crippen LogP contribution is -2.28. The molecule has 16 heavy (non-hydrogen) atoms. The van der Waals surface area contributed by atoms with Gasteiger partial charge in [-0.3, -0.25) is 0 Å². The van der Waals surface area contributed by atoms with Gasteiger partial charge in [0.25, 0.3) is 0 Å². The third-order valence-corrected chi connectivity index (χ3v) is 2.60. The molecule has 0 bridgehead atoms. The van der Waals surface area contributed by atoms with Crippen LogP contribution in [0.5, 0.6) is 0 Å². The van der Waals surface area contributed by atoms with E-state index in [-0.39, 0.29) is 6.61 Å². The summed E-state index contributed by atoms with van der Waals surface area (Å²) in [7, 11) is 0. The Morgan fingerprint density at radius 3 is 2.31 bits per heavy atom. The minimum Gasteiger partial charge on any atom is -0.399 e. The first-order chi connectivity index (χ1) is 7.63. The van der Waals surface area contributed by atoms with Crippen LogP contribution in [0.1, 0.15) is 20.3 Å². The van der Waals surface area contributed by atoms with Crippen LogP contribution in [0.2, 0.25) is 0 Å². The molecule has 0 aliphatic carbocycles. The number of hydrogen-bond acceptors (Lipinski definition) is 3. The summed E-state index contributed by atoms with van der Waals surface area (Å²) in [5.74, 6) is 0.676. The first kappa shape index (κ1) is 12.8. The van der Waals surface area contributed by atoms with Crippen molar-refractivity contribution in [1.82, 2.24) is 0 Å². The Labute approximate surface area is 97.9 Å². The molecule has 0 saturated carbocycles. The first-order valence-corrected chi connectivity index (χ1v) is 5.85. The summed E-state index contributed by atoms with van der Waals surface area (Å²) in [5.41, 5.74) is 7.56. The Morgan fingerprint density at radius 2 is 1.81 bits per heavy atom. The number of nitrogens with zero attached hydrogens (tertiary/aromatic N) is 1. The second kappa shape index (κ2) is 6.38. The van der Waals surface area contributed by atoms with Gasteiger partial charge in [0.15, 0.2) is 0 Å². The molecular formula is C13H22N2O. The molecule has 3 heteroatoms. The Bertz CT molecular complexity index is 295. The van der Waals surface area contributed by atoms with E-state index in [1.54, 1.807) is 0 Å². The quantitative estimate of drug-likeness (QED) is 0.725. The fraction of sp³-hybridized carbons (Fsp3) is 0.538. The van der Waals surface area contributed by atoms with Crippen molar-refractivity contribution >= 4 is 11.4 Å². The molecule has 0 heterocycles. The summed E-state index contributed by atoms with van der Waals surface area (Å²) in [4.78, 5) is 2.19. The predicted octanol–water partition coefficient (Wildman–Crippen LogP) is 2.11. The number of anilines is 2. The van der Waals surface area contributed by atoms with Gasteiger partial charge >= 0.3 is 0 Å². The summed E-state index contributed by atoms with van der Waals surface area (Å²) >= 11 is 0. The Kier molecular flexibility index (Phi) is 5.12. The maximum atomic E-state index is 9.05. The van der Waals surface area contributed by atoms with Crippen molar-refractivity contribution in [2.45, 2.75) is 20.3 Å². The van der Waals surface area contributed by atoms with Crippen LogP contribution < -0.4 is 10.6 Å². The normalized spacial score (nSPS) is 10.8. The van der Waals surface area contributed by atoms with E-state index in [1.807, 2.05) is 24.3 Å². The zero-order valence-corrected chi connectivity index (χ0v) is 10.2. The van der Waals surface area contributed by atoms with Crippen LogP contribution >= 0.6 is 0 Å². The maximum absolute atomic E-state index is 9.05. The van der Waals surface area contributed by atoms with Crippen molar-refractivity contribution in [1.29, 1.82) is 0 Å². The van der Waals surface area contributed by atoms with Crippen LogP contribution in [0.3, 0.4) is 0 Å². The van der Waals surface area contributed by atoms with Crippen LogP contribution in [-0.4, -0.2) is 24.8 Å². The number of nitrogen functional groups attached to an aromatic ring is 1. The highest BCUT2D eigenvalue weighted by Gasteiger charge is 2.06. The molecule has 0 fully saturated rings. The van der Waals surface area contributed by atoms with Gasteiger partial charge in [0.2, 0.25) is 0 Å². The highest BCUT2D eigenvalue weighted by atomic mass is 16.3. The lowest BCUT2D eigenvalue weighted by atomic mass is 10.1. The van der Waals surface area contributed by atoms with Gasteiger partial charge in [-0.05, 0) is 36.6 Å². The van der Waals surface area contributed by atoms with Crippen molar-refractivity contribution < 1.29 is 5.11 Å². The van der Waals surface area contributed by atoms with Crippen molar-refractivity contribution in [2.24, 2.45) is 5.92 Å². The molecular weight excluding hydrogens is 200 g/mol. The summed E-state index contributed by atoms with van der Waals surface area (Å²) in [5, 5.41) is 9.05. The number of hydrogen-bond donors (Lipinski definition) is 2. The summed E-state index contributed by atoms with van der Waals surface area (Å²) in [6.07, 6.45) is 1.13. The maximum Gasteiger partial charge on any atom is 0.0606 e. The molecule has 0 aliphatic heterocycles. The van der Waals surface area contributed by atoms with Crippen LogP contribution in [0.25, 0.3) is 0 Å². The van der Waals surface area contributed by atoms with Gasteiger partial charge in [0.1, 0.15) is 0 Å². The van der Waals surface area contributed by atoms with Crippen LogP contribution in [-0.2, 0) is 0 Å². The summed E-state index contributed by atoms with van der Waals surface area (Å²) < 4.78 is 0. The number of nitrogens with two attached hydrogens (primary N) is 1. The van der Waals surface area contributed by atoms with E-state index >= 15 is 0 Å². The Balaban J connectivity index is 2.64. The van der Waals surface area contributed by atoms with Crippen molar-refractivity contribution in [2.75, 3.05) is 30.3 Å². The third kappa shape index (κ3) is 4.11. The van der Waals surface area contributed by atoms with Crippen LogP contribution in [0.15, 0.2) is 24.3 Å². The Morgan fingerprint density at radius 1 is 1.19 bits per heavy atom. The summed E-state index contributed by atoms with van der Waals surface area (Å²) in [6.45, 7) is 6.25. The minimum atomic E-state index is 0.183. The average Bonchev–Trinajstić information content (AvgIpc) is 2.25. The van der Waals surface area contributed by atoms with Crippen molar-refractivity contribution in [3.05, 3.63) is 24.3 Å². The largest absolute Gasteiger partial charge is 0.399 e. The second-order valence-corrected chi connectivity index (χ2v) is 4.48. The zero-order chi connectivity index (χ0) is 12.0. The van der Waals surface area contributed by atoms with Gasteiger partial charge in [-0.25, -0.2) is 0 Å². The molecule has 1 aromatic carbocycles. The Hall–Kier alpha value is -1.22. The van der Waals surface area contributed by atoms with Gasteiger partial charge < -0.3 is 15.7 Å². The molecule has 0 saturated heterocycles. The van der Waals surface area contributed by atoms with Crippen LogP contribution in [0.4, 0.5) is 11.4 Å². The minimum absolute atomic E-state index is 0.183. The van der Waals surface area contributed by atoms with Gasteiger partial charge in [0.05, 0.1) is 6.61 Å². The van der Waals surface area contributed by atoms with E-state index in [0.717, 1.165) is 24.3 Å². The summed E-state index contributed by atoms with van der Waals surface area (Å²) in [6, 6.07) is 7.81. The standard InChI is InChI=1S/C13H22N2O/c1-11(2)7-8-15(9-10-16)13-5-3-12(14)4-6-13/h3-6,11,16H,7-10,14H2,1-2H3. The van der Waals surface area contributed by atoms with Crippen molar-refractivity contribution in [3.63, 3.8) is 0 Å². The van der Waals surface area contributed by atoms with E-state index in [2.05, 4.69) is 18.7 Å². The van der Waals surface area contributed by atoms with Crippen LogP contribution in [0, 0.1) is 5.92 Å². The predicted molar refractivity (Wildman–Crippen MR) is 69.6 cm³/mol. The molecule has 1 aromatic rings. The van der Waals surface area contributed by atoms with Gasteiger partial charge in [-0.15, -0.1) is 0 Å². The van der Waals surface area contributed by atoms with Gasteiger partial charge in [0, 0.05) is 24.5 Å². The fourth-order valence-electron chi connectivity index (χ4n) is 1.59. The van der Waals surface area contributed by atoms with E-state index < -0.39 is 0 Å². The second-order valence-electron chi connectivity index (χ2n) is 4.48. The van der Waals surface area contributed by atoms with Gasteiger partial charge in [-0.2, -0.15) is 0 Å². The molecule has 1 rings (SSSR count). The highest BCUT2D eigenvalue weighted by molar-refractivity contribution is 5.53. The lowest BCUT2D eigenvalue weighted by molar-refractivity contribution is 0.301. The number of aliphatic hydroxyl groups is 1. The number of aliphatic hydroxyl groups excluding tert-OH is 1. The van der Waals surface area contributed by atoms with E-state index in [1.165, 1.54) is 0 Å². The van der Waals surface area contributed by atoms with Gasteiger partial charge in [-0.1, -0.05) is 13.8 Å². The molecule has 0 amide bonds. The smallest absolute Gasteiger partial charge is 0.0606 e. The molecule has 90 valence electrons. The molecule has 0 aliphatic rings. The van der Waals surface area contributed by atoms with E-state index in [9.17, 15) is 0 Å². The molecule has 0 aromatic heterocycles. The van der Waals surface area contributed by atoms with E-state index in [0.29, 0.717) is 12.5 Å². The highest BCUT2D eigenvalue weighted by Crippen LogP contribution is 2.17. The average molecular weight is 222 g/mol. The molecule has 0 unspecified atom stereocenters. The zero-order valence-electron chi connectivity index (χ0n) is 10.2. The SMILES string of the molecule is CC(C)CCN(CCO)c1ccc(N)cc1. The topological polar surface area (TPSA) is 49.5 Å². The number of benzene rings is 1. The fourth-order valence-corrected chi connectivity index (χ4v) is 1.59. The molecule has 0 spiro atoms. The monoisotopic (exact) mass is 222 g/mol. The first-order valence-electron chi connectivity index (χ1n) is 5.85. The molecule has 3 N–H and O–H groups in total. The van der Waals surface area contributed by atoms with Crippen molar-refractivity contribution in [3.8, 4) is 0 Å². The third-order valence-electron chi connectivity index (χ3n) is 2.60.